The highest BCUT2D eigenvalue weighted by molar-refractivity contribution is 5.99. The maximum absolute atomic E-state index is 12.0. The van der Waals surface area contributed by atoms with Gasteiger partial charge in [0.05, 0.1) is 13.1 Å². The summed E-state index contributed by atoms with van der Waals surface area (Å²) in [6.07, 6.45) is -4.40. The molecule has 0 radical (unpaired) electrons. The van der Waals surface area contributed by atoms with Crippen molar-refractivity contribution in [1.82, 2.24) is 5.32 Å². The number of anilines is 1. The van der Waals surface area contributed by atoms with E-state index in [4.69, 9.17) is 5.11 Å². The molecule has 0 spiro atoms. The minimum absolute atomic E-state index is 0.0682. The molecule has 1 heterocycles. The summed E-state index contributed by atoms with van der Waals surface area (Å²) in [5.41, 5.74) is 0.929. The van der Waals surface area contributed by atoms with Crippen molar-refractivity contribution >= 4 is 17.6 Å². The summed E-state index contributed by atoms with van der Waals surface area (Å²) >= 11 is 0. The minimum Gasteiger partial charge on any atom is -0.481 e. The minimum atomic E-state index is -4.40. The van der Waals surface area contributed by atoms with E-state index in [-0.39, 0.29) is 6.54 Å². The van der Waals surface area contributed by atoms with Crippen LogP contribution in [0.2, 0.25) is 0 Å². The van der Waals surface area contributed by atoms with E-state index in [1.54, 1.807) is 24.3 Å². The third-order valence-electron chi connectivity index (χ3n) is 3.17. The zero-order valence-electron chi connectivity index (χ0n) is 10.9. The molecule has 0 saturated heterocycles. The molecule has 1 aliphatic rings. The number of hydrogen-bond donors (Lipinski definition) is 2. The van der Waals surface area contributed by atoms with Crippen LogP contribution >= 0.6 is 0 Å². The van der Waals surface area contributed by atoms with Crippen LogP contribution < -0.4 is 10.2 Å². The highest BCUT2D eigenvalue weighted by atomic mass is 19.4. The summed E-state index contributed by atoms with van der Waals surface area (Å²) in [6, 6.07) is 6.49. The molecule has 2 rings (SSSR count). The molecule has 0 fully saturated rings. The Morgan fingerprint density at radius 1 is 1.33 bits per heavy atom. The molecule has 0 bridgehead atoms. The molecule has 2 N–H and O–H groups in total. The molecule has 114 valence electrons. The number of nitrogens with zero attached hydrogens (tertiary/aromatic N) is 1. The largest absolute Gasteiger partial charge is 0.481 e. The van der Waals surface area contributed by atoms with E-state index >= 15 is 0 Å². The molecule has 1 aliphatic heterocycles. The van der Waals surface area contributed by atoms with Crippen molar-refractivity contribution in [2.75, 3.05) is 24.5 Å². The molecule has 0 aliphatic carbocycles. The van der Waals surface area contributed by atoms with E-state index in [0.29, 0.717) is 11.3 Å². The third-order valence-corrected chi connectivity index (χ3v) is 3.17. The Kier molecular flexibility index (Phi) is 4.17. The summed E-state index contributed by atoms with van der Waals surface area (Å²) < 4.78 is 36.1. The lowest BCUT2D eigenvalue weighted by molar-refractivity contribution is -0.138. The number of alkyl halides is 3. The summed E-state index contributed by atoms with van der Waals surface area (Å²) in [7, 11) is 0. The van der Waals surface area contributed by atoms with E-state index in [1.807, 2.05) is 5.32 Å². The average molecular weight is 302 g/mol. The quantitative estimate of drug-likeness (QED) is 0.881. The zero-order valence-corrected chi connectivity index (χ0v) is 10.9. The Bertz CT molecular complexity index is 560. The standard InChI is InChI=1S/C13H13F3N2O3/c14-13(15,16)7-17-5-11(19)18-6-9(12(20)21)8-3-1-2-4-10(8)18/h1-4,9,17H,5-7H2,(H,20,21). The molecule has 0 saturated carbocycles. The molecular weight excluding hydrogens is 289 g/mol. The second-order valence-corrected chi connectivity index (χ2v) is 4.67. The maximum Gasteiger partial charge on any atom is 0.401 e. The number of carboxylic acids is 1. The number of amides is 1. The second kappa shape index (κ2) is 5.72. The van der Waals surface area contributed by atoms with E-state index in [0.717, 1.165) is 0 Å². The van der Waals surface area contributed by atoms with Crippen LogP contribution in [-0.2, 0) is 9.59 Å². The predicted molar refractivity (Wildman–Crippen MR) is 68.1 cm³/mol. The number of fused-ring (bicyclic) bond motifs is 1. The van der Waals surface area contributed by atoms with Crippen LogP contribution in [0, 0.1) is 0 Å². The summed E-state index contributed by atoms with van der Waals surface area (Å²) in [4.78, 5) is 24.3. The molecule has 0 aromatic heterocycles. The van der Waals surface area contributed by atoms with Gasteiger partial charge in [-0.05, 0) is 11.6 Å². The first-order chi connectivity index (χ1) is 9.79. The van der Waals surface area contributed by atoms with Gasteiger partial charge < -0.3 is 15.3 Å². The number of para-hydroxylation sites is 1. The van der Waals surface area contributed by atoms with E-state index in [2.05, 4.69) is 0 Å². The molecule has 21 heavy (non-hydrogen) atoms. The molecule has 1 aromatic carbocycles. The number of hydrogen-bond acceptors (Lipinski definition) is 3. The lowest BCUT2D eigenvalue weighted by Gasteiger charge is -2.18. The van der Waals surface area contributed by atoms with Crippen LogP contribution in [0.3, 0.4) is 0 Å². The molecule has 8 heteroatoms. The van der Waals surface area contributed by atoms with Crippen molar-refractivity contribution in [3.8, 4) is 0 Å². The lowest BCUT2D eigenvalue weighted by atomic mass is 10.0. The Labute approximate surface area is 118 Å². The summed E-state index contributed by atoms with van der Waals surface area (Å²) in [6.45, 7) is -1.84. The smallest absolute Gasteiger partial charge is 0.401 e. The SMILES string of the molecule is O=C(O)C1CN(C(=O)CNCC(F)(F)F)c2ccccc21. The van der Waals surface area contributed by atoms with E-state index in [1.165, 1.54) is 4.90 Å². The van der Waals surface area contributed by atoms with Crippen molar-refractivity contribution < 1.29 is 27.9 Å². The van der Waals surface area contributed by atoms with Gasteiger partial charge in [0.15, 0.2) is 0 Å². The van der Waals surface area contributed by atoms with Gasteiger partial charge in [0.2, 0.25) is 5.91 Å². The van der Waals surface area contributed by atoms with Crippen LogP contribution in [-0.4, -0.2) is 42.8 Å². The molecule has 1 unspecified atom stereocenters. The van der Waals surface area contributed by atoms with Crippen LogP contribution in [0.4, 0.5) is 18.9 Å². The number of benzene rings is 1. The fourth-order valence-corrected chi connectivity index (χ4v) is 2.26. The molecule has 1 atom stereocenters. The molecular formula is C13H13F3N2O3. The first-order valence-corrected chi connectivity index (χ1v) is 6.19. The first kappa shape index (κ1) is 15.3. The fraction of sp³-hybridized carbons (Fsp3) is 0.385. The van der Waals surface area contributed by atoms with Gasteiger partial charge in [-0.3, -0.25) is 9.59 Å². The number of nitrogens with one attached hydrogen (secondary N) is 1. The number of carbonyl (C=O) groups excluding carboxylic acids is 1. The normalized spacial score (nSPS) is 17.7. The monoisotopic (exact) mass is 302 g/mol. The number of aliphatic carboxylic acids is 1. The molecule has 1 aromatic rings. The van der Waals surface area contributed by atoms with E-state index < -0.39 is 37.1 Å². The maximum atomic E-state index is 12.0. The molecule has 1 amide bonds. The van der Waals surface area contributed by atoms with E-state index in [9.17, 15) is 22.8 Å². The highest BCUT2D eigenvalue weighted by Gasteiger charge is 2.36. The lowest BCUT2D eigenvalue weighted by Crippen LogP contribution is -2.41. The van der Waals surface area contributed by atoms with Gasteiger partial charge in [0, 0.05) is 12.2 Å². The van der Waals surface area contributed by atoms with Gasteiger partial charge in [-0.1, -0.05) is 18.2 Å². The third kappa shape index (κ3) is 3.52. The Morgan fingerprint density at radius 2 is 2.00 bits per heavy atom. The van der Waals surface area contributed by atoms with Crippen molar-refractivity contribution in [1.29, 1.82) is 0 Å². The van der Waals surface area contributed by atoms with Gasteiger partial charge in [-0.15, -0.1) is 0 Å². The number of halogens is 3. The molecule has 5 nitrogen and oxygen atoms in total. The fourth-order valence-electron chi connectivity index (χ4n) is 2.26. The number of carboxylic acid groups (broad SMARTS) is 1. The Balaban J connectivity index is 2.07. The van der Waals surface area contributed by atoms with Crippen molar-refractivity contribution in [2.45, 2.75) is 12.1 Å². The van der Waals surface area contributed by atoms with Crippen LogP contribution in [0.1, 0.15) is 11.5 Å². The highest BCUT2D eigenvalue weighted by Crippen LogP contribution is 2.36. The van der Waals surface area contributed by atoms with Crippen molar-refractivity contribution in [3.63, 3.8) is 0 Å². The first-order valence-electron chi connectivity index (χ1n) is 6.19. The van der Waals surface area contributed by atoms with Gasteiger partial charge in [0.1, 0.15) is 5.92 Å². The van der Waals surface area contributed by atoms with Gasteiger partial charge in [0.25, 0.3) is 0 Å². The van der Waals surface area contributed by atoms with Gasteiger partial charge >= 0.3 is 12.1 Å². The van der Waals surface area contributed by atoms with Crippen molar-refractivity contribution in [3.05, 3.63) is 29.8 Å². The Hall–Kier alpha value is -2.09. The summed E-state index contributed by atoms with van der Waals surface area (Å²) in [5, 5.41) is 11.2. The number of rotatable bonds is 4. The topological polar surface area (TPSA) is 69.6 Å². The number of carbonyl (C=O) groups is 2. The van der Waals surface area contributed by atoms with Gasteiger partial charge in [-0.25, -0.2) is 0 Å². The van der Waals surface area contributed by atoms with Crippen LogP contribution in [0.5, 0.6) is 0 Å². The summed E-state index contributed by atoms with van der Waals surface area (Å²) in [5.74, 6) is -2.51. The van der Waals surface area contributed by atoms with Crippen molar-refractivity contribution in [2.24, 2.45) is 0 Å². The average Bonchev–Trinajstić information content (AvgIpc) is 2.76. The van der Waals surface area contributed by atoms with Gasteiger partial charge in [-0.2, -0.15) is 13.2 Å². The Morgan fingerprint density at radius 3 is 2.62 bits per heavy atom. The van der Waals surface area contributed by atoms with Crippen LogP contribution in [0.25, 0.3) is 0 Å². The predicted octanol–water partition coefficient (Wildman–Crippen LogP) is 1.35. The van der Waals surface area contributed by atoms with Crippen LogP contribution in [0.15, 0.2) is 24.3 Å². The second-order valence-electron chi connectivity index (χ2n) is 4.67. The zero-order chi connectivity index (χ0) is 15.6.